The molecule has 5 rings (SSSR count). The maximum atomic E-state index is 13.6. The van der Waals surface area contributed by atoms with Crippen molar-refractivity contribution in [2.24, 2.45) is 0 Å². The number of hydrogen-bond donors (Lipinski definition) is 2. The minimum absolute atomic E-state index is 0.0470. The summed E-state index contributed by atoms with van der Waals surface area (Å²) in [6, 6.07) is 18.5. The molecule has 1 aliphatic heterocycles. The Hall–Kier alpha value is -3.68. The Morgan fingerprint density at radius 3 is 2.59 bits per heavy atom. The van der Waals surface area contributed by atoms with E-state index in [4.69, 9.17) is 9.15 Å². The first-order valence-corrected chi connectivity index (χ1v) is 13.0. The van der Waals surface area contributed by atoms with Gasteiger partial charge in [-0.2, -0.15) is 0 Å². The van der Waals surface area contributed by atoms with Gasteiger partial charge in [-0.3, -0.25) is 9.78 Å². The number of para-hydroxylation sites is 1. The summed E-state index contributed by atoms with van der Waals surface area (Å²) in [5, 5.41) is 14.2. The number of pyridine rings is 1. The van der Waals surface area contributed by atoms with Gasteiger partial charge in [0.25, 0.3) is 0 Å². The van der Waals surface area contributed by atoms with Crippen LogP contribution in [0.1, 0.15) is 40.9 Å². The van der Waals surface area contributed by atoms with E-state index in [1.807, 2.05) is 36.4 Å². The number of aryl methyl sites for hydroxylation is 1. The summed E-state index contributed by atoms with van der Waals surface area (Å²) in [6.45, 7) is 3.85. The zero-order valence-electron chi connectivity index (χ0n) is 20.9. The number of furan rings is 1. The molecular weight excluding hydrogens is 466 g/mol. The Kier molecular flexibility index (Phi) is 8.13. The fourth-order valence-corrected chi connectivity index (χ4v) is 4.79. The number of ether oxygens (including phenoxy) is 1. The number of fused-ring (bicyclic) bond motifs is 1. The number of nitrogens with one attached hydrogen (secondary N) is 1. The second-order valence-corrected chi connectivity index (χ2v) is 9.48. The number of carbonyl (C=O) groups is 1. The molecule has 37 heavy (non-hydrogen) atoms. The molecule has 2 aromatic carbocycles. The van der Waals surface area contributed by atoms with Crippen molar-refractivity contribution in [1.29, 1.82) is 0 Å². The van der Waals surface area contributed by atoms with E-state index < -0.39 is 6.10 Å². The number of benzene rings is 2. The maximum absolute atomic E-state index is 13.6. The summed E-state index contributed by atoms with van der Waals surface area (Å²) < 4.78 is 11.9. The Labute approximate surface area is 217 Å². The maximum Gasteiger partial charge on any atom is 0.197 e. The molecule has 1 fully saturated rings. The van der Waals surface area contributed by atoms with Crippen LogP contribution in [-0.2, 0) is 6.42 Å². The number of ketones is 1. The smallest absolute Gasteiger partial charge is 0.197 e. The van der Waals surface area contributed by atoms with Crippen molar-refractivity contribution < 1.29 is 19.1 Å². The normalized spacial score (nSPS) is 14.6. The molecule has 7 heteroatoms. The third-order valence-electron chi connectivity index (χ3n) is 6.75. The van der Waals surface area contributed by atoms with Gasteiger partial charge in [-0.1, -0.05) is 18.2 Å². The van der Waals surface area contributed by atoms with Crippen LogP contribution in [0.2, 0.25) is 0 Å². The van der Waals surface area contributed by atoms with E-state index in [9.17, 15) is 9.90 Å². The first-order valence-electron chi connectivity index (χ1n) is 13.0. The van der Waals surface area contributed by atoms with Crippen molar-refractivity contribution in [3.05, 3.63) is 89.9 Å². The molecule has 1 saturated heterocycles. The molecule has 4 aromatic rings. The molecule has 192 valence electrons. The second kappa shape index (κ2) is 12.0. The lowest BCUT2D eigenvalue weighted by molar-refractivity contribution is 0.103. The number of aliphatic hydroxyl groups is 1. The third kappa shape index (κ3) is 6.37. The number of aliphatic hydroxyl groups excluding tert-OH is 1. The zero-order valence-corrected chi connectivity index (χ0v) is 20.9. The van der Waals surface area contributed by atoms with E-state index in [1.165, 1.54) is 25.9 Å². The third-order valence-corrected chi connectivity index (χ3v) is 6.75. The molecule has 0 radical (unpaired) electrons. The molecule has 0 spiro atoms. The molecule has 0 bridgehead atoms. The van der Waals surface area contributed by atoms with Crippen molar-refractivity contribution in [1.82, 2.24) is 9.88 Å². The fraction of sp³-hybridized carbons (Fsp3) is 0.333. The van der Waals surface area contributed by atoms with Gasteiger partial charge in [-0.15, -0.1) is 0 Å². The van der Waals surface area contributed by atoms with Gasteiger partial charge < -0.3 is 24.5 Å². The fourth-order valence-electron chi connectivity index (χ4n) is 4.79. The van der Waals surface area contributed by atoms with Crippen LogP contribution in [0.4, 0.5) is 5.69 Å². The molecule has 7 nitrogen and oxygen atoms in total. The van der Waals surface area contributed by atoms with Gasteiger partial charge in [-0.05, 0) is 81.4 Å². The van der Waals surface area contributed by atoms with Crippen molar-refractivity contribution in [2.45, 2.75) is 31.8 Å². The van der Waals surface area contributed by atoms with E-state index in [2.05, 4.69) is 15.2 Å². The van der Waals surface area contributed by atoms with Gasteiger partial charge in [0, 0.05) is 42.0 Å². The first kappa shape index (κ1) is 25.0. The molecule has 1 unspecified atom stereocenters. The van der Waals surface area contributed by atoms with Gasteiger partial charge >= 0.3 is 0 Å². The molecular formula is C30H33N3O4. The van der Waals surface area contributed by atoms with Gasteiger partial charge in [0.2, 0.25) is 0 Å². The summed E-state index contributed by atoms with van der Waals surface area (Å²) in [7, 11) is 0. The zero-order chi connectivity index (χ0) is 25.5. The Morgan fingerprint density at radius 1 is 1.05 bits per heavy atom. The van der Waals surface area contributed by atoms with Crippen LogP contribution < -0.4 is 10.1 Å². The van der Waals surface area contributed by atoms with Crippen LogP contribution in [0.15, 0.2) is 77.5 Å². The number of nitrogens with zero attached hydrogens (tertiary/aromatic N) is 2. The number of hydrogen-bond acceptors (Lipinski definition) is 7. The lowest BCUT2D eigenvalue weighted by atomic mass is 9.98. The van der Waals surface area contributed by atoms with Crippen LogP contribution in [0.5, 0.6) is 5.75 Å². The van der Waals surface area contributed by atoms with Gasteiger partial charge in [0.1, 0.15) is 29.8 Å². The van der Waals surface area contributed by atoms with Crippen LogP contribution >= 0.6 is 0 Å². The summed E-state index contributed by atoms with van der Waals surface area (Å²) in [6.07, 6.45) is 6.94. The predicted molar refractivity (Wildman–Crippen MR) is 144 cm³/mol. The number of carbonyl (C=O) groups excluding carboxylic acids is 1. The molecule has 0 saturated carbocycles. The summed E-state index contributed by atoms with van der Waals surface area (Å²) in [5.74, 6) is 1.31. The monoisotopic (exact) mass is 499 g/mol. The largest absolute Gasteiger partial charge is 0.491 e. The van der Waals surface area contributed by atoms with Crippen LogP contribution in [-0.4, -0.2) is 59.7 Å². The minimum atomic E-state index is -0.685. The van der Waals surface area contributed by atoms with Gasteiger partial charge in [0.15, 0.2) is 5.78 Å². The number of aromatic nitrogens is 1. The van der Waals surface area contributed by atoms with Crippen molar-refractivity contribution >= 4 is 22.4 Å². The van der Waals surface area contributed by atoms with Crippen molar-refractivity contribution in [2.75, 3.05) is 38.1 Å². The van der Waals surface area contributed by atoms with Crippen LogP contribution in [0, 0.1) is 0 Å². The van der Waals surface area contributed by atoms with E-state index in [1.54, 1.807) is 36.7 Å². The molecule has 1 atom stereocenters. The Balaban J connectivity index is 1.21. The van der Waals surface area contributed by atoms with Crippen molar-refractivity contribution in [3.63, 3.8) is 0 Å². The number of rotatable bonds is 12. The SMILES string of the molecule is O=C(c1ccc(OCC(O)CNc2ccncc2)cc1)c1c(CCCN2CCCC2)oc2ccccc12. The highest BCUT2D eigenvalue weighted by Gasteiger charge is 2.22. The van der Waals surface area contributed by atoms with Crippen LogP contribution in [0.25, 0.3) is 11.0 Å². The standard InChI is InChI=1S/C30H33N3O4/c34-24(20-32-23-13-15-31-16-14-23)21-36-25-11-9-22(10-12-25)30(35)29-26-6-1-2-7-27(26)37-28(29)8-5-19-33-17-3-4-18-33/h1-2,6-7,9-16,24,34H,3-5,8,17-21H2,(H,31,32). The Bertz CT molecular complexity index is 1300. The second-order valence-electron chi connectivity index (χ2n) is 9.48. The quantitative estimate of drug-likeness (QED) is 0.267. The number of likely N-dealkylation sites (tertiary alicyclic amines) is 1. The molecule has 0 amide bonds. The van der Waals surface area contributed by atoms with Gasteiger partial charge in [-0.25, -0.2) is 0 Å². The van der Waals surface area contributed by atoms with Crippen LogP contribution in [0.3, 0.4) is 0 Å². The average molecular weight is 500 g/mol. The molecule has 2 aromatic heterocycles. The van der Waals surface area contributed by atoms with E-state index in [-0.39, 0.29) is 12.4 Å². The van der Waals surface area contributed by atoms with Crippen molar-refractivity contribution in [3.8, 4) is 5.75 Å². The lowest BCUT2D eigenvalue weighted by Gasteiger charge is -2.14. The average Bonchev–Trinajstić information content (AvgIpc) is 3.59. The van der Waals surface area contributed by atoms with E-state index in [0.717, 1.165) is 41.8 Å². The highest BCUT2D eigenvalue weighted by Crippen LogP contribution is 2.30. The highest BCUT2D eigenvalue weighted by atomic mass is 16.5. The molecule has 3 heterocycles. The summed E-state index contributed by atoms with van der Waals surface area (Å²) in [5.41, 5.74) is 2.87. The van der Waals surface area contributed by atoms with E-state index in [0.29, 0.717) is 23.4 Å². The molecule has 1 aliphatic rings. The molecule has 0 aliphatic carbocycles. The first-order chi connectivity index (χ1) is 18.2. The van der Waals surface area contributed by atoms with E-state index >= 15 is 0 Å². The summed E-state index contributed by atoms with van der Waals surface area (Å²) in [4.78, 5) is 20.0. The predicted octanol–water partition coefficient (Wildman–Crippen LogP) is 4.94. The highest BCUT2D eigenvalue weighted by molar-refractivity contribution is 6.16. The van der Waals surface area contributed by atoms with Gasteiger partial charge in [0.05, 0.1) is 5.56 Å². The molecule has 2 N–H and O–H groups in total. The minimum Gasteiger partial charge on any atom is -0.491 e. The lowest BCUT2D eigenvalue weighted by Crippen LogP contribution is -2.26. The number of anilines is 1. The Morgan fingerprint density at radius 2 is 1.81 bits per heavy atom. The summed E-state index contributed by atoms with van der Waals surface area (Å²) >= 11 is 0. The topological polar surface area (TPSA) is 87.8 Å².